The molecule has 26 heavy (non-hydrogen) atoms. The smallest absolute Gasteiger partial charge is 0.274 e. The molecule has 0 saturated heterocycles. The van der Waals surface area contributed by atoms with E-state index >= 15 is 0 Å². The number of carbonyl (C=O) groups excluding carboxylic acids is 1. The van der Waals surface area contributed by atoms with Gasteiger partial charge in [-0.2, -0.15) is 0 Å². The number of aromatic nitrogens is 3. The highest BCUT2D eigenvalue weighted by atomic mass is 35.5. The Hall–Kier alpha value is -1.86. The zero-order chi connectivity index (χ0) is 17.6. The van der Waals surface area contributed by atoms with E-state index in [0.717, 1.165) is 49.2 Å². The molecular weight excluding hydrogens is 354 g/mol. The normalized spacial score (nSPS) is 17.1. The average Bonchev–Trinajstić information content (AvgIpc) is 3.12. The molecule has 0 bridgehead atoms. The molecule has 1 N–H and O–H groups in total. The van der Waals surface area contributed by atoms with Gasteiger partial charge < -0.3 is 19.2 Å². The van der Waals surface area contributed by atoms with Crippen LogP contribution in [0.3, 0.4) is 0 Å². The van der Waals surface area contributed by atoms with Crippen molar-refractivity contribution in [3.8, 4) is 0 Å². The fourth-order valence-corrected chi connectivity index (χ4v) is 3.33. The molecule has 0 aliphatic carbocycles. The van der Waals surface area contributed by atoms with Gasteiger partial charge in [-0.25, -0.2) is 9.97 Å². The fraction of sp³-hybridized carbons (Fsp3) is 0.611. The number of rotatable bonds is 1. The van der Waals surface area contributed by atoms with Crippen LogP contribution in [0.2, 0.25) is 0 Å². The van der Waals surface area contributed by atoms with E-state index in [1.807, 2.05) is 11.1 Å². The van der Waals surface area contributed by atoms with E-state index in [1.54, 1.807) is 0 Å². The third kappa shape index (κ3) is 3.50. The Morgan fingerprint density at radius 1 is 1.19 bits per heavy atom. The summed E-state index contributed by atoms with van der Waals surface area (Å²) in [6, 6.07) is 0. The third-order valence-corrected chi connectivity index (χ3v) is 4.79. The van der Waals surface area contributed by atoms with E-state index in [0.29, 0.717) is 25.2 Å². The monoisotopic (exact) mass is 379 g/mol. The lowest BCUT2D eigenvalue weighted by atomic mass is 9.97. The topological polar surface area (TPSA) is 76.2 Å². The highest BCUT2D eigenvalue weighted by Gasteiger charge is 2.30. The zero-order valence-corrected chi connectivity index (χ0v) is 16.4. The first-order valence-electron chi connectivity index (χ1n) is 8.97. The minimum absolute atomic E-state index is 0. The molecule has 1 amide bonds. The first kappa shape index (κ1) is 18.9. The molecule has 0 fully saturated rings. The molecule has 4 heterocycles. The summed E-state index contributed by atoms with van der Waals surface area (Å²) in [5, 5.41) is 3.34. The Balaban J connectivity index is 0.00000196. The zero-order valence-electron chi connectivity index (χ0n) is 15.5. The lowest BCUT2D eigenvalue weighted by Gasteiger charge is -2.24. The Kier molecular flexibility index (Phi) is 5.12. The number of oxazole rings is 1. The van der Waals surface area contributed by atoms with Crippen LogP contribution < -0.4 is 5.32 Å². The molecule has 142 valence electrons. The Bertz CT molecular complexity index is 782. The summed E-state index contributed by atoms with van der Waals surface area (Å²) in [6.07, 6.45) is 3.46. The Morgan fingerprint density at radius 3 is 2.77 bits per heavy atom. The van der Waals surface area contributed by atoms with Crippen molar-refractivity contribution < 1.29 is 9.21 Å². The summed E-state index contributed by atoms with van der Waals surface area (Å²) >= 11 is 0. The van der Waals surface area contributed by atoms with Gasteiger partial charge in [-0.05, 0) is 0 Å². The predicted octanol–water partition coefficient (Wildman–Crippen LogP) is 1.93. The van der Waals surface area contributed by atoms with Crippen LogP contribution in [0.15, 0.2) is 10.6 Å². The van der Waals surface area contributed by atoms with Gasteiger partial charge in [-0.1, -0.05) is 20.8 Å². The highest BCUT2D eigenvalue weighted by Crippen LogP contribution is 2.27. The highest BCUT2D eigenvalue weighted by molar-refractivity contribution is 5.92. The molecule has 0 saturated carbocycles. The van der Waals surface area contributed by atoms with E-state index in [4.69, 9.17) is 4.42 Å². The summed E-state index contributed by atoms with van der Waals surface area (Å²) in [4.78, 5) is 23.9. The number of hydrogen-bond acceptors (Lipinski definition) is 5. The number of nitrogens with one attached hydrogen (secondary N) is 1. The quantitative estimate of drug-likeness (QED) is 0.819. The molecule has 0 atom stereocenters. The van der Waals surface area contributed by atoms with Crippen molar-refractivity contribution in [1.82, 2.24) is 24.8 Å². The van der Waals surface area contributed by atoms with Crippen molar-refractivity contribution >= 4 is 18.3 Å². The van der Waals surface area contributed by atoms with Gasteiger partial charge in [0, 0.05) is 50.6 Å². The molecule has 2 aromatic heterocycles. The summed E-state index contributed by atoms with van der Waals surface area (Å²) in [5.41, 5.74) is 1.30. The number of hydrogen-bond donors (Lipinski definition) is 1. The van der Waals surface area contributed by atoms with Crippen LogP contribution in [0.4, 0.5) is 0 Å². The maximum atomic E-state index is 12.9. The van der Waals surface area contributed by atoms with Crippen LogP contribution >= 0.6 is 12.4 Å². The second kappa shape index (κ2) is 7.04. The number of carbonyl (C=O) groups is 1. The molecule has 2 aromatic rings. The minimum Gasteiger partial charge on any atom is -0.445 e. The van der Waals surface area contributed by atoms with E-state index in [9.17, 15) is 4.79 Å². The van der Waals surface area contributed by atoms with E-state index in [-0.39, 0.29) is 23.7 Å². The lowest BCUT2D eigenvalue weighted by Crippen LogP contribution is -2.36. The van der Waals surface area contributed by atoms with E-state index < -0.39 is 0 Å². The number of amides is 1. The molecule has 8 heteroatoms. The second-order valence-electron chi connectivity index (χ2n) is 7.85. The number of halogens is 1. The molecular formula is C18H26ClN5O2. The molecule has 0 spiro atoms. The summed E-state index contributed by atoms with van der Waals surface area (Å²) in [6.45, 7) is 10.1. The molecule has 2 aliphatic heterocycles. The maximum Gasteiger partial charge on any atom is 0.274 e. The average molecular weight is 380 g/mol. The Labute approximate surface area is 159 Å². The van der Waals surface area contributed by atoms with Crippen LogP contribution in [-0.2, 0) is 31.3 Å². The van der Waals surface area contributed by atoms with E-state index in [2.05, 4.69) is 40.6 Å². The van der Waals surface area contributed by atoms with Gasteiger partial charge in [-0.3, -0.25) is 4.79 Å². The van der Waals surface area contributed by atoms with Gasteiger partial charge in [0.05, 0.1) is 6.54 Å². The van der Waals surface area contributed by atoms with Crippen molar-refractivity contribution in [1.29, 1.82) is 0 Å². The fourth-order valence-electron chi connectivity index (χ4n) is 3.33. The summed E-state index contributed by atoms with van der Waals surface area (Å²) in [5.74, 6) is 2.63. The van der Waals surface area contributed by atoms with Gasteiger partial charge in [0.15, 0.2) is 5.89 Å². The first-order chi connectivity index (χ1) is 11.9. The predicted molar refractivity (Wildman–Crippen MR) is 99.7 cm³/mol. The lowest BCUT2D eigenvalue weighted by molar-refractivity contribution is 0.0722. The first-order valence-corrected chi connectivity index (χ1v) is 8.97. The molecule has 4 rings (SSSR count). The molecule has 0 aromatic carbocycles. The second-order valence-corrected chi connectivity index (χ2v) is 7.85. The van der Waals surface area contributed by atoms with Gasteiger partial charge in [-0.15, -0.1) is 12.4 Å². The van der Waals surface area contributed by atoms with Crippen molar-refractivity contribution in [2.45, 2.75) is 52.1 Å². The van der Waals surface area contributed by atoms with Gasteiger partial charge >= 0.3 is 0 Å². The van der Waals surface area contributed by atoms with Crippen LogP contribution in [0.25, 0.3) is 0 Å². The Morgan fingerprint density at radius 2 is 2.00 bits per heavy atom. The van der Waals surface area contributed by atoms with Crippen molar-refractivity contribution in [3.63, 3.8) is 0 Å². The minimum atomic E-state index is -0.123. The van der Waals surface area contributed by atoms with Gasteiger partial charge in [0.25, 0.3) is 5.91 Å². The number of fused-ring (bicyclic) bond motifs is 2. The molecule has 0 radical (unpaired) electrons. The van der Waals surface area contributed by atoms with E-state index in [1.165, 1.54) is 0 Å². The van der Waals surface area contributed by atoms with Crippen LogP contribution in [0, 0.1) is 0 Å². The SMILES string of the molecule is CC(C)(C)c1nc2c(o1)CCN(C(=O)c1cn3c(n1)CCNCC3)C2.Cl. The maximum absolute atomic E-state index is 12.9. The molecule has 2 aliphatic rings. The molecule has 7 nitrogen and oxygen atoms in total. The van der Waals surface area contributed by atoms with Crippen molar-refractivity contribution in [3.05, 3.63) is 35.1 Å². The van der Waals surface area contributed by atoms with Gasteiger partial charge in [0.2, 0.25) is 0 Å². The largest absolute Gasteiger partial charge is 0.445 e. The van der Waals surface area contributed by atoms with Gasteiger partial charge in [0.1, 0.15) is 23.0 Å². The summed E-state index contributed by atoms with van der Waals surface area (Å²) in [7, 11) is 0. The number of nitrogens with zero attached hydrogens (tertiary/aromatic N) is 4. The summed E-state index contributed by atoms with van der Waals surface area (Å²) < 4.78 is 8.00. The number of imidazole rings is 1. The molecule has 0 unspecified atom stereocenters. The van der Waals surface area contributed by atoms with Crippen molar-refractivity contribution in [2.75, 3.05) is 19.6 Å². The van der Waals surface area contributed by atoms with Crippen LogP contribution in [0.5, 0.6) is 0 Å². The third-order valence-electron chi connectivity index (χ3n) is 4.79. The van der Waals surface area contributed by atoms with Crippen LogP contribution in [0.1, 0.15) is 54.4 Å². The van der Waals surface area contributed by atoms with Crippen LogP contribution in [-0.4, -0.2) is 45.0 Å². The standard InChI is InChI=1S/C18H25N5O2.ClH/c1-18(2,3)17-21-12-10-23(8-5-14(12)25-17)16(24)13-11-22-9-7-19-6-4-15(22)20-13;/h11,19H,4-10H2,1-3H3;1H. The van der Waals surface area contributed by atoms with Crippen molar-refractivity contribution in [2.24, 2.45) is 0 Å².